The van der Waals surface area contributed by atoms with Crippen molar-refractivity contribution in [3.63, 3.8) is 0 Å². The summed E-state index contributed by atoms with van der Waals surface area (Å²) >= 11 is 5.74. The minimum Gasteiger partial charge on any atom is -0.437 e. The number of hydrogen-bond donors (Lipinski definition) is 1. The van der Waals surface area contributed by atoms with Crippen molar-refractivity contribution in [1.29, 1.82) is 5.26 Å². The zero-order valence-electron chi connectivity index (χ0n) is 8.72. The number of pyridine rings is 1. The lowest BCUT2D eigenvalue weighted by molar-refractivity contribution is 0.465. The average Bonchev–Trinajstić information content (AvgIpc) is 2.34. The normalized spacial score (nSPS) is 9.65. The van der Waals surface area contributed by atoms with Crippen LogP contribution >= 0.6 is 11.6 Å². The lowest BCUT2D eigenvalue weighted by atomic mass is 10.2. The number of ether oxygens (including phenoxy) is 1. The first-order valence-electron chi connectivity index (χ1n) is 4.79. The number of aromatic nitrogens is 1. The molecule has 0 saturated carbocycles. The van der Waals surface area contributed by atoms with E-state index in [-0.39, 0.29) is 5.88 Å². The van der Waals surface area contributed by atoms with Crippen LogP contribution in [0.4, 0.5) is 5.69 Å². The van der Waals surface area contributed by atoms with E-state index in [0.29, 0.717) is 22.2 Å². The molecule has 5 heteroatoms. The summed E-state index contributed by atoms with van der Waals surface area (Å²) < 4.78 is 5.46. The van der Waals surface area contributed by atoms with E-state index in [1.807, 2.05) is 6.07 Å². The average molecular weight is 246 g/mol. The van der Waals surface area contributed by atoms with Crippen molar-refractivity contribution in [2.45, 2.75) is 0 Å². The van der Waals surface area contributed by atoms with Gasteiger partial charge in [0.15, 0.2) is 0 Å². The summed E-state index contributed by atoms with van der Waals surface area (Å²) in [5.74, 6) is 0.720. The van der Waals surface area contributed by atoms with Gasteiger partial charge in [0.1, 0.15) is 10.9 Å². The zero-order valence-corrected chi connectivity index (χ0v) is 9.48. The lowest BCUT2D eigenvalue weighted by Crippen LogP contribution is -1.95. The Balaban J connectivity index is 2.31. The van der Waals surface area contributed by atoms with Crippen molar-refractivity contribution in [1.82, 2.24) is 4.98 Å². The van der Waals surface area contributed by atoms with Gasteiger partial charge in [0.25, 0.3) is 0 Å². The summed E-state index contributed by atoms with van der Waals surface area (Å²) in [6, 6.07) is 11.9. The smallest absolute Gasteiger partial charge is 0.244 e. The number of hydrogen-bond acceptors (Lipinski definition) is 4. The minimum atomic E-state index is 0.229. The summed E-state index contributed by atoms with van der Waals surface area (Å²) in [6.07, 6.45) is 0. The highest BCUT2D eigenvalue weighted by atomic mass is 35.5. The largest absolute Gasteiger partial charge is 0.437 e. The summed E-state index contributed by atoms with van der Waals surface area (Å²) in [4.78, 5) is 3.96. The van der Waals surface area contributed by atoms with E-state index in [0.717, 1.165) is 0 Å². The molecule has 2 aromatic rings. The number of halogens is 1. The fourth-order valence-corrected chi connectivity index (χ4v) is 1.39. The van der Waals surface area contributed by atoms with Crippen LogP contribution in [-0.2, 0) is 0 Å². The molecule has 0 bridgehead atoms. The van der Waals surface area contributed by atoms with Crippen LogP contribution in [-0.4, -0.2) is 4.98 Å². The Morgan fingerprint density at radius 1 is 1.29 bits per heavy atom. The number of nitrogens with zero attached hydrogens (tertiary/aromatic N) is 2. The fourth-order valence-electron chi connectivity index (χ4n) is 1.25. The van der Waals surface area contributed by atoms with Gasteiger partial charge in [-0.05, 0) is 30.3 Å². The highest BCUT2D eigenvalue weighted by molar-refractivity contribution is 6.29. The van der Waals surface area contributed by atoms with Crippen molar-refractivity contribution in [2.75, 3.05) is 5.73 Å². The SMILES string of the molecule is N#Cc1cccc(Oc2nc(Cl)ccc2N)c1. The van der Waals surface area contributed by atoms with E-state index in [9.17, 15) is 0 Å². The van der Waals surface area contributed by atoms with Gasteiger partial charge in [0, 0.05) is 0 Å². The predicted molar refractivity (Wildman–Crippen MR) is 64.9 cm³/mol. The second kappa shape index (κ2) is 4.73. The van der Waals surface area contributed by atoms with Crippen molar-refractivity contribution in [3.8, 4) is 17.7 Å². The predicted octanol–water partition coefficient (Wildman–Crippen LogP) is 2.98. The first-order chi connectivity index (χ1) is 8.19. The Morgan fingerprint density at radius 2 is 2.12 bits per heavy atom. The third-order valence-electron chi connectivity index (χ3n) is 2.03. The number of nitrogen functional groups attached to an aromatic ring is 1. The van der Waals surface area contributed by atoms with Crippen molar-refractivity contribution in [2.24, 2.45) is 0 Å². The third-order valence-corrected chi connectivity index (χ3v) is 2.24. The molecular formula is C12H8ClN3O. The number of nitrogens with two attached hydrogens (primary N) is 1. The molecule has 0 unspecified atom stereocenters. The molecule has 1 aromatic heterocycles. The summed E-state index contributed by atoms with van der Waals surface area (Å²) in [5, 5.41) is 9.06. The van der Waals surface area contributed by atoms with Crippen molar-refractivity contribution >= 4 is 17.3 Å². The molecule has 0 fully saturated rings. The van der Waals surface area contributed by atoms with E-state index < -0.39 is 0 Å². The minimum absolute atomic E-state index is 0.229. The monoisotopic (exact) mass is 245 g/mol. The molecule has 2 N–H and O–H groups in total. The van der Waals surface area contributed by atoms with Gasteiger partial charge >= 0.3 is 0 Å². The van der Waals surface area contributed by atoms with Gasteiger partial charge in [-0.25, -0.2) is 0 Å². The summed E-state index contributed by atoms with van der Waals surface area (Å²) in [6.45, 7) is 0. The van der Waals surface area contributed by atoms with Gasteiger partial charge in [0.05, 0.1) is 17.3 Å². The Labute approximate surface area is 103 Å². The molecule has 0 aliphatic heterocycles. The van der Waals surface area contributed by atoms with Crippen LogP contribution in [0.5, 0.6) is 11.6 Å². The van der Waals surface area contributed by atoms with Crippen LogP contribution < -0.4 is 10.5 Å². The molecule has 0 spiro atoms. The van der Waals surface area contributed by atoms with Crippen molar-refractivity contribution in [3.05, 3.63) is 47.1 Å². The van der Waals surface area contributed by atoms with Crippen LogP contribution in [0.2, 0.25) is 5.15 Å². The van der Waals surface area contributed by atoms with Gasteiger partial charge in [-0.3, -0.25) is 0 Å². The lowest BCUT2D eigenvalue weighted by Gasteiger charge is -2.07. The number of anilines is 1. The Kier molecular flexibility index (Phi) is 3.12. The maximum absolute atomic E-state index is 8.76. The highest BCUT2D eigenvalue weighted by Gasteiger charge is 2.05. The second-order valence-electron chi connectivity index (χ2n) is 3.27. The molecule has 1 aromatic carbocycles. The molecule has 17 heavy (non-hydrogen) atoms. The van der Waals surface area contributed by atoms with E-state index >= 15 is 0 Å². The number of benzene rings is 1. The standard InChI is InChI=1S/C12H8ClN3O/c13-11-5-4-10(15)12(16-11)17-9-3-1-2-8(6-9)7-14/h1-6H,15H2. The number of nitriles is 1. The quantitative estimate of drug-likeness (QED) is 0.826. The van der Waals surface area contributed by atoms with Gasteiger partial charge in [0.2, 0.25) is 5.88 Å². The Morgan fingerprint density at radius 3 is 2.88 bits per heavy atom. The van der Waals surface area contributed by atoms with Gasteiger partial charge in [-0.1, -0.05) is 17.7 Å². The number of rotatable bonds is 2. The third kappa shape index (κ3) is 2.65. The van der Waals surface area contributed by atoms with Crippen LogP contribution in [0.1, 0.15) is 5.56 Å². The van der Waals surface area contributed by atoms with E-state index in [1.165, 1.54) is 0 Å². The van der Waals surface area contributed by atoms with E-state index in [2.05, 4.69) is 4.98 Å². The molecule has 0 aliphatic rings. The van der Waals surface area contributed by atoms with E-state index in [1.54, 1.807) is 36.4 Å². The molecule has 0 aliphatic carbocycles. The Hall–Kier alpha value is -2.25. The van der Waals surface area contributed by atoms with Crippen LogP contribution in [0, 0.1) is 11.3 Å². The molecule has 0 radical (unpaired) electrons. The topological polar surface area (TPSA) is 71.9 Å². The molecule has 4 nitrogen and oxygen atoms in total. The molecule has 1 heterocycles. The van der Waals surface area contributed by atoms with E-state index in [4.69, 9.17) is 27.3 Å². The zero-order chi connectivity index (χ0) is 12.3. The fraction of sp³-hybridized carbons (Fsp3) is 0. The van der Waals surface area contributed by atoms with Crippen LogP contribution in [0.3, 0.4) is 0 Å². The van der Waals surface area contributed by atoms with Gasteiger partial charge < -0.3 is 10.5 Å². The maximum atomic E-state index is 8.76. The molecular weight excluding hydrogens is 238 g/mol. The van der Waals surface area contributed by atoms with Crippen LogP contribution in [0.25, 0.3) is 0 Å². The second-order valence-corrected chi connectivity index (χ2v) is 3.66. The molecule has 0 saturated heterocycles. The maximum Gasteiger partial charge on any atom is 0.244 e. The van der Waals surface area contributed by atoms with Crippen molar-refractivity contribution < 1.29 is 4.74 Å². The highest BCUT2D eigenvalue weighted by Crippen LogP contribution is 2.27. The molecule has 0 amide bonds. The van der Waals surface area contributed by atoms with Crippen LogP contribution in [0.15, 0.2) is 36.4 Å². The molecule has 0 atom stereocenters. The first kappa shape index (κ1) is 11.2. The summed E-state index contributed by atoms with van der Waals surface area (Å²) in [7, 11) is 0. The van der Waals surface area contributed by atoms with Gasteiger partial charge in [-0.15, -0.1) is 0 Å². The van der Waals surface area contributed by atoms with Gasteiger partial charge in [-0.2, -0.15) is 10.2 Å². The molecule has 84 valence electrons. The summed E-state index contributed by atoms with van der Waals surface area (Å²) in [5.41, 5.74) is 6.59. The Bertz CT molecular complexity index is 593. The first-order valence-corrected chi connectivity index (χ1v) is 5.17. The molecule has 2 rings (SSSR count).